The van der Waals surface area contributed by atoms with Gasteiger partial charge in [0.05, 0.1) is 23.9 Å². The van der Waals surface area contributed by atoms with Gasteiger partial charge in [-0.25, -0.2) is 9.97 Å². The third-order valence-electron chi connectivity index (χ3n) is 6.01. The van der Waals surface area contributed by atoms with Crippen LogP contribution >= 0.6 is 23.1 Å². The van der Waals surface area contributed by atoms with Crippen LogP contribution in [0.3, 0.4) is 0 Å². The number of rotatable bonds is 5. The fourth-order valence-electron chi connectivity index (χ4n) is 4.34. The van der Waals surface area contributed by atoms with Crippen LogP contribution in [0.15, 0.2) is 28.3 Å². The summed E-state index contributed by atoms with van der Waals surface area (Å²) in [6.45, 7) is 2.87. The highest BCUT2D eigenvalue weighted by molar-refractivity contribution is 7.99. The Hall–Kier alpha value is -1.97. The highest BCUT2D eigenvalue weighted by Gasteiger charge is 2.23. The molecular formula is C22H26N4O3S2. The van der Waals surface area contributed by atoms with Crippen molar-refractivity contribution in [2.75, 3.05) is 25.4 Å². The van der Waals surface area contributed by atoms with E-state index in [1.165, 1.54) is 35.9 Å². The molecule has 2 aliphatic rings. The summed E-state index contributed by atoms with van der Waals surface area (Å²) in [4.78, 5) is 38.3. The summed E-state index contributed by atoms with van der Waals surface area (Å²) in [5, 5.41) is 1.49. The summed E-state index contributed by atoms with van der Waals surface area (Å²) in [5.74, 6) is 0.422. The first-order valence-corrected chi connectivity index (χ1v) is 12.8. The lowest BCUT2D eigenvalue weighted by atomic mass is 10.2. The molecule has 2 aliphatic heterocycles. The number of carbonyl (C=O) groups excluding carboxylic acids is 1. The number of thiophene rings is 1. The first kappa shape index (κ1) is 20.9. The minimum absolute atomic E-state index is 0.0186. The molecule has 9 heteroatoms. The fraction of sp³-hybridized carbons (Fsp3) is 0.545. The van der Waals surface area contributed by atoms with E-state index in [1.807, 2.05) is 17.0 Å². The van der Waals surface area contributed by atoms with Crippen molar-refractivity contribution >= 4 is 49.4 Å². The molecule has 3 aromatic heterocycles. The summed E-state index contributed by atoms with van der Waals surface area (Å²) in [5.41, 5.74) is 0.625. The molecule has 2 saturated heterocycles. The fourth-order valence-corrected chi connectivity index (χ4v) is 6.28. The summed E-state index contributed by atoms with van der Waals surface area (Å²) >= 11 is 2.76. The average molecular weight is 459 g/mol. The molecular weight excluding hydrogens is 432 g/mol. The molecule has 0 spiro atoms. The number of nitrogens with zero attached hydrogens (tertiary/aromatic N) is 4. The summed E-state index contributed by atoms with van der Waals surface area (Å²) in [6.07, 6.45) is 8.22. The van der Waals surface area contributed by atoms with E-state index in [-0.39, 0.29) is 17.6 Å². The molecule has 0 bridgehead atoms. The number of fused-ring (bicyclic) bond motifs is 3. The van der Waals surface area contributed by atoms with Crippen molar-refractivity contribution in [3.63, 3.8) is 0 Å². The Kier molecular flexibility index (Phi) is 6.24. The highest BCUT2D eigenvalue weighted by atomic mass is 32.2. The third kappa shape index (κ3) is 4.36. The first-order chi connectivity index (χ1) is 15.2. The van der Waals surface area contributed by atoms with Crippen molar-refractivity contribution in [2.24, 2.45) is 0 Å². The normalized spacial score (nSPS) is 19.9. The zero-order valence-electron chi connectivity index (χ0n) is 17.4. The van der Waals surface area contributed by atoms with Gasteiger partial charge in [0.1, 0.15) is 9.53 Å². The van der Waals surface area contributed by atoms with Crippen LogP contribution in [0.1, 0.15) is 38.5 Å². The Labute approximate surface area is 188 Å². The molecule has 31 heavy (non-hydrogen) atoms. The van der Waals surface area contributed by atoms with E-state index in [4.69, 9.17) is 9.72 Å². The zero-order valence-corrected chi connectivity index (χ0v) is 19.1. The minimum atomic E-state index is -0.0618. The third-order valence-corrected chi connectivity index (χ3v) is 8.06. The number of hydrogen-bond acceptors (Lipinski definition) is 7. The minimum Gasteiger partial charge on any atom is -0.376 e. The second kappa shape index (κ2) is 9.26. The van der Waals surface area contributed by atoms with Crippen LogP contribution < -0.4 is 5.56 Å². The van der Waals surface area contributed by atoms with Gasteiger partial charge in [-0.3, -0.25) is 14.2 Å². The quantitative estimate of drug-likeness (QED) is 0.429. The first-order valence-electron chi connectivity index (χ1n) is 11.0. The summed E-state index contributed by atoms with van der Waals surface area (Å²) < 4.78 is 8.13. The molecule has 0 saturated carbocycles. The smallest absolute Gasteiger partial charge is 0.272 e. The molecule has 0 aliphatic carbocycles. The molecule has 0 radical (unpaired) electrons. The Bertz CT molecular complexity index is 1140. The predicted molar refractivity (Wildman–Crippen MR) is 124 cm³/mol. The number of thioether (sulfide) groups is 1. The highest BCUT2D eigenvalue weighted by Crippen LogP contribution is 2.31. The van der Waals surface area contributed by atoms with Crippen LogP contribution in [-0.4, -0.2) is 56.9 Å². The van der Waals surface area contributed by atoms with Crippen LogP contribution in [-0.2, 0) is 16.1 Å². The van der Waals surface area contributed by atoms with E-state index in [0.29, 0.717) is 27.7 Å². The number of carbonyl (C=O) groups is 1. The van der Waals surface area contributed by atoms with Crippen molar-refractivity contribution < 1.29 is 9.53 Å². The molecule has 5 heterocycles. The molecule has 0 unspecified atom stereocenters. The Morgan fingerprint density at radius 2 is 2.06 bits per heavy atom. The number of amides is 1. The maximum absolute atomic E-state index is 13.4. The van der Waals surface area contributed by atoms with Gasteiger partial charge in [-0.05, 0) is 37.8 Å². The number of ether oxygens (including phenoxy) is 1. The molecule has 0 N–H and O–H groups in total. The van der Waals surface area contributed by atoms with Crippen molar-refractivity contribution in [2.45, 2.75) is 56.3 Å². The lowest BCUT2D eigenvalue weighted by Gasteiger charge is -2.20. The lowest BCUT2D eigenvalue weighted by Crippen LogP contribution is -2.34. The molecule has 3 aromatic rings. The van der Waals surface area contributed by atoms with Gasteiger partial charge in [-0.15, -0.1) is 11.3 Å². The molecule has 0 aromatic carbocycles. The van der Waals surface area contributed by atoms with E-state index < -0.39 is 0 Å². The van der Waals surface area contributed by atoms with Crippen LogP contribution in [0.5, 0.6) is 0 Å². The monoisotopic (exact) mass is 458 g/mol. The van der Waals surface area contributed by atoms with Gasteiger partial charge in [0.15, 0.2) is 5.16 Å². The van der Waals surface area contributed by atoms with Crippen LogP contribution in [0, 0.1) is 0 Å². The number of hydrogen-bond donors (Lipinski definition) is 0. The maximum atomic E-state index is 13.4. The van der Waals surface area contributed by atoms with Crippen molar-refractivity contribution in [1.82, 2.24) is 19.4 Å². The Balaban J connectivity index is 1.48. The predicted octanol–water partition coefficient (Wildman–Crippen LogP) is 3.68. The topological polar surface area (TPSA) is 77.3 Å². The molecule has 5 rings (SSSR count). The van der Waals surface area contributed by atoms with Crippen LogP contribution in [0.2, 0.25) is 0 Å². The van der Waals surface area contributed by atoms with Crippen LogP contribution in [0.25, 0.3) is 20.4 Å². The second-order valence-corrected chi connectivity index (χ2v) is 10.1. The molecule has 2 fully saturated rings. The van der Waals surface area contributed by atoms with Gasteiger partial charge in [0.2, 0.25) is 5.91 Å². The summed E-state index contributed by atoms with van der Waals surface area (Å²) in [7, 11) is 0. The molecule has 7 nitrogen and oxygen atoms in total. The number of aromatic nitrogens is 3. The SMILES string of the molecule is O=C(CSc1nc2c(sc3ncccc32)c(=O)n1C[C@H]1CCCO1)N1CCCCCC1. The second-order valence-electron chi connectivity index (χ2n) is 8.16. The molecule has 164 valence electrons. The molecule has 1 amide bonds. The average Bonchev–Trinajstić information content (AvgIpc) is 3.34. The van der Waals surface area contributed by atoms with E-state index >= 15 is 0 Å². The van der Waals surface area contributed by atoms with E-state index in [2.05, 4.69) is 4.98 Å². The lowest BCUT2D eigenvalue weighted by molar-refractivity contribution is -0.128. The Morgan fingerprint density at radius 1 is 1.23 bits per heavy atom. The largest absolute Gasteiger partial charge is 0.376 e. The van der Waals surface area contributed by atoms with Gasteiger partial charge >= 0.3 is 0 Å². The van der Waals surface area contributed by atoms with Crippen LogP contribution in [0.4, 0.5) is 0 Å². The van der Waals surface area contributed by atoms with Crippen molar-refractivity contribution in [3.05, 3.63) is 28.7 Å². The van der Waals surface area contributed by atoms with E-state index in [1.54, 1.807) is 10.8 Å². The van der Waals surface area contributed by atoms with Gasteiger partial charge in [0.25, 0.3) is 5.56 Å². The van der Waals surface area contributed by atoms with E-state index in [0.717, 1.165) is 55.6 Å². The van der Waals surface area contributed by atoms with Crippen molar-refractivity contribution in [3.8, 4) is 0 Å². The summed E-state index contributed by atoms with van der Waals surface area (Å²) in [6, 6.07) is 3.82. The van der Waals surface area contributed by atoms with Gasteiger partial charge in [-0.2, -0.15) is 0 Å². The van der Waals surface area contributed by atoms with E-state index in [9.17, 15) is 9.59 Å². The zero-order chi connectivity index (χ0) is 21.2. The number of pyridine rings is 1. The Morgan fingerprint density at radius 3 is 2.84 bits per heavy atom. The standard InChI is InChI=1S/C22H26N4O3S2/c27-17(25-10-3-1-2-4-11-25)14-30-22-24-18-16-8-5-9-23-20(16)31-19(18)21(28)26(22)13-15-7-6-12-29-15/h5,8-9,15H,1-4,6-7,10-14H2/t15-/m1/s1. The molecule has 1 atom stereocenters. The van der Waals surface area contributed by atoms with Gasteiger partial charge < -0.3 is 9.64 Å². The van der Waals surface area contributed by atoms with Gasteiger partial charge in [0, 0.05) is 31.3 Å². The number of likely N-dealkylation sites (tertiary alicyclic amines) is 1. The maximum Gasteiger partial charge on any atom is 0.272 e. The van der Waals surface area contributed by atoms with Crippen molar-refractivity contribution in [1.29, 1.82) is 0 Å². The van der Waals surface area contributed by atoms with Gasteiger partial charge in [-0.1, -0.05) is 24.6 Å².